The number of halogens is 3. The average molecular weight is 278 g/mol. The summed E-state index contributed by atoms with van der Waals surface area (Å²) < 4.78 is 61.3. The van der Waals surface area contributed by atoms with Gasteiger partial charge in [0.1, 0.15) is 6.29 Å². The largest absolute Gasteiger partial charge is 0.416 e. The zero-order valence-corrected chi connectivity index (χ0v) is 9.88. The van der Waals surface area contributed by atoms with E-state index < -0.39 is 26.8 Å². The van der Waals surface area contributed by atoms with Crippen molar-refractivity contribution in [2.24, 2.45) is 0 Å². The van der Waals surface area contributed by atoms with Gasteiger partial charge in [-0.2, -0.15) is 13.2 Å². The quantitative estimate of drug-likeness (QED) is 0.777. The highest BCUT2D eigenvalue weighted by Gasteiger charge is 2.39. The lowest BCUT2D eigenvalue weighted by Crippen LogP contribution is -2.17. The summed E-state index contributed by atoms with van der Waals surface area (Å²) in [6, 6.07) is 2.57. The fraction of sp³-hybridized carbons (Fsp3) is 0.364. The molecule has 0 bridgehead atoms. The highest BCUT2D eigenvalue weighted by Crippen LogP contribution is 2.37. The minimum absolute atomic E-state index is 0.0413. The Balaban J connectivity index is 2.49. The van der Waals surface area contributed by atoms with Crippen LogP contribution in [0.15, 0.2) is 23.1 Å². The smallest absolute Gasteiger partial charge is 0.303 e. The third-order valence-corrected chi connectivity index (χ3v) is 5.19. The van der Waals surface area contributed by atoms with Gasteiger partial charge in [-0.3, -0.25) is 0 Å². The molecule has 0 aliphatic carbocycles. The van der Waals surface area contributed by atoms with Crippen LogP contribution in [0, 0.1) is 0 Å². The van der Waals surface area contributed by atoms with Crippen molar-refractivity contribution in [1.82, 2.24) is 0 Å². The Morgan fingerprint density at radius 1 is 1.33 bits per heavy atom. The van der Waals surface area contributed by atoms with Gasteiger partial charge in [0.05, 0.1) is 15.7 Å². The first-order chi connectivity index (χ1) is 8.26. The summed E-state index contributed by atoms with van der Waals surface area (Å²) in [7, 11) is -3.67. The Morgan fingerprint density at radius 3 is 2.56 bits per heavy atom. The minimum Gasteiger partial charge on any atom is -0.303 e. The van der Waals surface area contributed by atoms with Gasteiger partial charge in [0.2, 0.25) is 0 Å². The van der Waals surface area contributed by atoms with Crippen LogP contribution in [0.2, 0.25) is 0 Å². The van der Waals surface area contributed by atoms with E-state index in [9.17, 15) is 26.4 Å². The first-order valence-electron chi connectivity index (χ1n) is 5.14. The Hall–Kier alpha value is -1.37. The van der Waals surface area contributed by atoms with Gasteiger partial charge in [-0.15, -0.1) is 0 Å². The molecule has 0 saturated heterocycles. The highest BCUT2D eigenvalue weighted by molar-refractivity contribution is 7.92. The van der Waals surface area contributed by atoms with Crippen molar-refractivity contribution in [2.45, 2.75) is 29.2 Å². The molecular weight excluding hydrogens is 269 g/mol. The summed E-state index contributed by atoms with van der Waals surface area (Å²) in [5, 5.41) is -0.937. The Bertz CT molecular complexity index is 590. The Labute approximate surface area is 102 Å². The maximum Gasteiger partial charge on any atom is 0.416 e. The number of carbonyl (C=O) groups excluding carboxylic acids is 1. The first kappa shape index (κ1) is 13.1. The van der Waals surface area contributed by atoms with Crippen LogP contribution in [0.5, 0.6) is 0 Å². The predicted octanol–water partition coefficient (Wildman–Crippen LogP) is 1.99. The van der Waals surface area contributed by atoms with E-state index in [2.05, 4.69) is 0 Å². The van der Waals surface area contributed by atoms with E-state index in [4.69, 9.17) is 0 Å². The molecule has 1 aliphatic heterocycles. The number of sulfone groups is 1. The summed E-state index contributed by atoms with van der Waals surface area (Å²) in [5.74, 6) is 0. The van der Waals surface area contributed by atoms with E-state index in [0.29, 0.717) is 6.29 Å². The molecule has 1 atom stereocenters. The van der Waals surface area contributed by atoms with Crippen molar-refractivity contribution >= 4 is 16.1 Å². The molecule has 1 aliphatic rings. The lowest BCUT2D eigenvalue weighted by Gasteiger charge is -2.07. The molecule has 98 valence electrons. The third kappa shape index (κ3) is 2.03. The van der Waals surface area contributed by atoms with Gasteiger partial charge in [-0.25, -0.2) is 8.42 Å². The molecule has 0 fully saturated rings. The average Bonchev–Trinajstić information content (AvgIpc) is 2.50. The van der Waals surface area contributed by atoms with Crippen molar-refractivity contribution in [1.29, 1.82) is 0 Å². The van der Waals surface area contributed by atoms with Crippen LogP contribution in [0.1, 0.15) is 17.5 Å². The maximum atomic E-state index is 12.5. The van der Waals surface area contributed by atoms with Gasteiger partial charge in [-0.05, 0) is 30.2 Å². The van der Waals surface area contributed by atoms with Crippen molar-refractivity contribution in [2.75, 3.05) is 0 Å². The molecule has 0 aromatic heterocycles. The van der Waals surface area contributed by atoms with E-state index in [0.717, 1.165) is 18.2 Å². The molecular formula is C11H9F3O3S. The number of carbonyl (C=O) groups is 1. The normalized spacial score (nSPS) is 21.6. The zero-order chi connectivity index (χ0) is 13.6. The Kier molecular flexibility index (Phi) is 2.96. The zero-order valence-electron chi connectivity index (χ0n) is 9.07. The van der Waals surface area contributed by atoms with Gasteiger partial charge in [0, 0.05) is 6.42 Å². The fourth-order valence-corrected chi connectivity index (χ4v) is 3.90. The summed E-state index contributed by atoms with van der Waals surface area (Å²) in [4.78, 5) is 10.3. The second-order valence-corrected chi connectivity index (χ2v) is 6.29. The number of hydrogen-bond donors (Lipinski definition) is 0. The van der Waals surface area contributed by atoms with Gasteiger partial charge < -0.3 is 4.79 Å². The SMILES string of the molecule is O=CCC1Cc2cc(C(F)(F)F)ccc2S1(=O)=O. The number of fused-ring (bicyclic) bond motifs is 1. The van der Waals surface area contributed by atoms with Crippen LogP contribution in [-0.2, 0) is 27.2 Å². The third-order valence-electron chi connectivity index (χ3n) is 2.94. The number of hydrogen-bond acceptors (Lipinski definition) is 3. The highest BCUT2D eigenvalue weighted by atomic mass is 32.2. The summed E-state index contributed by atoms with van der Waals surface area (Å²) >= 11 is 0. The van der Waals surface area contributed by atoms with Gasteiger partial charge in [0.25, 0.3) is 0 Å². The van der Waals surface area contributed by atoms with E-state index in [1.165, 1.54) is 0 Å². The van der Waals surface area contributed by atoms with Crippen molar-refractivity contribution in [3.05, 3.63) is 29.3 Å². The van der Waals surface area contributed by atoms with Crippen LogP contribution in [0.3, 0.4) is 0 Å². The van der Waals surface area contributed by atoms with Gasteiger partial charge in [-0.1, -0.05) is 0 Å². The van der Waals surface area contributed by atoms with Crippen LogP contribution >= 0.6 is 0 Å². The molecule has 1 unspecified atom stereocenters. The van der Waals surface area contributed by atoms with Crippen LogP contribution in [0.25, 0.3) is 0 Å². The number of rotatable bonds is 2. The second kappa shape index (κ2) is 4.08. The molecule has 0 saturated carbocycles. The van der Waals surface area contributed by atoms with E-state index >= 15 is 0 Å². The van der Waals surface area contributed by atoms with E-state index in [1.54, 1.807) is 0 Å². The van der Waals surface area contributed by atoms with Crippen molar-refractivity contribution < 1.29 is 26.4 Å². The summed E-state index contributed by atoms with van der Waals surface area (Å²) in [6.45, 7) is 0. The van der Waals surface area contributed by atoms with E-state index in [-0.39, 0.29) is 23.3 Å². The first-order valence-corrected chi connectivity index (χ1v) is 6.69. The lowest BCUT2D eigenvalue weighted by atomic mass is 10.1. The molecule has 1 aromatic carbocycles. The molecule has 3 nitrogen and oxygen atoms in total. The van der Waals surface area contributed by atoms with Crippen molar-refractivity contribution in [3.63, 3.8) is 0 Å². The number of aldehydes is 1. The fourth-order valence-electron chi connectivity index (χ4n) is 2.04. The van der Waals surface area contributed by atoms with Crippen LogP contribution in [-0.4, -0.2) is 20.0 Å². The van der Waals surface area contributed by atoms with Crippen LogP contribution in [0.4, 0.5) is 13.2 Å². The molecule has 1 heterocycles. The van der Waals surface area contributed by atoms with Gasteiger partial charge >= 0.3 is 6.18 Å². The van der Waals surface area contributed by atoms with Crippen molar-refractivity contribution in [3.8, 4) is 0 Å². The molecule has 0 N–H and O–H groups in total. The molecule has 7 heteroatoms. The summed E-state index contributed by atoms with van der Waals surface area (Å²) in [5.41, 5.74) is -0.736. The molecule has 0 spiro atoms. The minimum atomic E-state index is -4.50. The maximum absolute atomic E-state index is 12.5. The lowest BCUT2D eigenvalue weighted by molar-refractivity contribution is -0.137. The predicted molar refractivity (Wildman–Crippen MR) is 56.8 cm³/mol. The number of alkyl halides is 3. The molecule has 1 aromatic rings. The second-order valence-electron chi connectivity index (χ2n) is 4.09. The Morgan fingerprint density at radius 2 is 2.00 bits per heavy atom. The number of benzene rings is 1. The molecule has 0 amide bonds. The van der Waals surface area contributed by atoms with Gasteiger partial charge in [0.15, 0.2) is 9.84 Å². The molecule has 2 rings (SSSR count). The van der Waals surface area contributed by atoms with E-state index in [1.807, 2.05) is 0 Å². The monoisotopic (exact) mass is 278 g/mol. The standard InChI is InChI=1S/C11H9F3O3S/c12-11(13,14)8-1-2-10-7(5-8)6-9(3-4-15)18(10,16)17/h1-2,4-5,9H,3,6H2. The molecule has 0 radical (unpaired) electrons. The topological polar surface area (TPSA) is 51.2 Å². The molecule has 18 heavy (non-hydrogen) atoms. The van der Waals surface area contributed by atoms with Crippen LogP contribution < -0.4 is 0 Å². The summed E-state index contributed by atoms with van der Waals surface area (Å²) in [6.07, 6.45) is -4.26.